The summed E-state index contributed by atoms with van der Waals surface area (Å²) in [7, 11) is 0. The summed E-state index contributed by atoms with van der Waals surface area (Å²) in [5, 5.41) is 8.57. The molecule has 16 heavy (non-hydrogen) atoms. The molecule has 88 valence electrons. The van der Waals surface area contributed by atoms with Crippen molar-refractivity contribution in [3.05, 3.63) is 11.6 Å². The Kier molecular flexibility index (Phi) is 2.26. The van der Waals surface area contributed by atoms with Gasteiger partial charge in [-0.2, -0.15) is 0 Å². The molecule has 1 aromatic rings. The van der Waals surface area contributed by atoms with E-state index in [2.05, 4.69) is 21.7 Å². The van der Waals surface area contributed by atoms with Gasteiger partial charge in [-0.05, 0) is 18.8 Å². The third-order valence-electron chi connectivity index (χ3n) is 3.70. The Morgan fingerprint density at radius 2 is 2.38 bits per heavy atom. The lowest BCUT2D eigenvalue weighted by Gasteiger charge is -2.26. The van der Waals surface area contributed by atoms with Gasteiger partial charge in [0.25, 0.3) is 0 Å². The molecule has 0 bridgehead atoms. The van der Waals surface area contributed by atoms with Crippen LogP contribution in [-0.4, -0.2) is 28.0 Å². The van der Waals surface area contributed by atoms with Crippen molar-refractivity contribution in [1.29, 1.82) is 0 Å². The number of nitrogens with two attached hydrogens (primary N) is 1. The SMILES string of the molecule is CC1CCn2c(nnc2C2(N)CCOC2)C1. The Morgan fingerprint density at radius 3 is 3.12 bits per heavy atom. The monoisotopic (exact) mass is 222 g/mol. The minimum absolute atomic E-state index is 0.411. The Bertz CT molecular complexity index is 395. The van der Waals surface area contributed by atoms with E-state index in [0.717, 1.165) is 37.6 Å². The van der Waals surface area contributed by atoms with Crippen LogP contribution < -0.4 is 5.73 Å². The second-order valence-electron chi connectivity index (χ2n) is 5.15. The predicted octanol–water partition coefficient (Wildman–Crippen LogP) is 0.435. The summed E-state index contributed by atoms with van der Waals surface area (Å²) in [6.07, 6.45) is 3.06. The number of rotatable bonds is 1. The molecule has 1 fully saturated rings. The molecule has 0 saturated carbocycles. The first kappa shape index (κ1) is 10.2. The first-order valence-electron chi connectivity index (χ1n) is 5.98. The number of hydrogen-bond donors (Lipinski definition) is 1. The quantitative estimate of drug-likeness (QED) is 0.748. The lowest BCUT2D eigenvalue weighted by Crippen LogP contribution is -2.40. The van der Waals surface area contributed by atoms with Crippen molar-refractivity contribution in [2.75, 3.05) is 13.2 Å². The van der Waals surface area contributed by atoms with Crippen LogP contribution in [0.25, 0.3) is 0 Å². The fraction of sp³-hybridized carbons (Fsp3) is 0.818. The van der Waals surface area contributed by atoms with E-state index < -0.39 is 5.54 Å². The van der Waals surface area contributed by atoms with Crippen LogP contribution in [0, 0.1) is 5.92 Å². The predicted molar refractivity (Wildman–Crippen MR) is 58.8 cm³/mol. The molecule has 0 aliphatic carbocycles. The van der Waals surface area contributed by atoms with Crippen molar-refractivity contribution in [3.8, 4) is 0 Å². The summed E-state index contributed by atoms with van der Waals surface area (Å²) < 4.78 is 7.59. The molecular weight excluding hydrogens is 204 g/mol. The van der Waals surface area contributed by atoms with E-state index in [1.807, 2.05) is 0 Å². The fourth-order valence-corrected chi connectivity index (χ4v) is 2.61. The largest absolute Gasteiger partial charge is 0.379 e. The smallest absolute Gasteiger partial charge is 0.155 e. The minimum atomic E-state index is -0.411. The molecule has 2 aliphatic rings. The molecule has 1 aromatic heterocycles. The van der Waals surface area contributed by atoms with Gasteiger partial charge in [-0.25, -0.2) is 0 Å². The van der Waals surface area contributed by atoms with Gasteiger partial charge in [0.15, 0.2) is 5.82 Å². The standard InChI is InChI=1S/C11H18N4O/c1-8-2-4-15-9(6-8)13-14-10(15)11(12)3-5-16-7-11/h8H,2-7,12H2,1H3. The van der Waals surface area contributed by atoms with E-state index >= 15 is 0 Å². The topological polar surface area (TPSA) is 66.0 Å². The van der Waals surface area contributed by atoms with Gasteiger partial charge in [-0.3, -0.25) is 0 Å². The number of nitrogens with zero attached hydrogens (tertiary/aromatic N) is 3. The molecule has 3 rings (SSSR count). The highest BCUT2D eigenvalue weighted by molar-refractivity contribution is 5.12. The van der Waals surface area contributed by atoms with Gasteiger partial charge >= 0.3 is 0 Å². The van der Waals surface area contributed by atoms with E-state index in [9.17, 15) is 0 Å². The lowest BCUT2D eigenvalue weighted by atomic mass is 9.96. The molecule has 2 atom stereocenters. The second-order valence-corrected chi connectivity index (χ2v) is 5.15. The van der Waals surface area contributed by atoms with Gasteiger partial charge in [0.05, 0.1) is 6.61 Å². The molecule has 0 amide bonds. The van der Waals surface area contributed by atoms with Crippen molar-refractivity contribution >= 4 is 0 Å². The number of aromatic nitrogens is 3. The van der Waals surface area contributed by atoms with Crippen LogP contribution in [0.5, 0.6) is 0 Å². The highest BCUT2D eigenvalue weighted by Crippen LogP contribution is 2.29. The summed E-state index contributed by atoms with van der Waals surface area (Å²) in [6, 6.07) is 0. The maximum atomic E-state index is 6.34. The molecule has 2 N–H and O–H groups in total. The molecule has 1 saturated heterocycles. The lowest BCUT2D eigenvalue weighted by molar-refractivity contribution is 0.174. The van der Waals surface area contributed by atoms with Crippen molar-refractivity contribution in [1.82, 2.24) is 14.8 Å². The third kappa shape index (κ3) is 1.46. The molecule has 3 heterocycles. The Hall–Kier alpha value is -0.940. The number of fused-ring (bicyclic) bond motifs is 1. The van der Waals surface area contributed by atoms with Crippen LogP contribution in [0.3, 0.4) is 0 Å². The summed E-state index contributed by atoms with van der Waals surface area (Å²) >= 11 is 0. The van der Waals surface area contributed by atoms with E-state index in [0.29, 0.717) is 12.5 Å². The van der Waals surface area contributed by atoms with Crippen LogP contribution in [0.2, 0.25) is 0 Å². The number of hydrogen-bond acceptors (Lipinski definition) is 4. The van der Waals surface area contributed by atoms with Gasteiger partial charge in [-0.15, -0.1) is 10.2 Å². The van der Waals surface area contributed by atoms with E-state index in [4.69, 9.17) is 10.5 Å². The van der Waals surface area contributed by atoms with Gasteiger partial charge in [0, 0.05) is 19.6 Å². The highest BCUT2D eigenvalue weighted by Gasteiger charge is 2.38. The molecule has 2 unspecified atom stereocenters. The van der Waals surface area contributed by atoms with Crippen molar-refractivity contribution in [2.24, 2.45) is 11.7 Å². The zero-order valence-electron chi connectivity index (χ0n) is 9.65. The van der Waals surface area contributed by atoms with E-state index in [1.54, 1.807) is 0 Å². The van der Waals surface area contributed by atoms with Crippen molar-refractivity contribution in [3.63, 3.8) is 0 Å². The Labute approximate surface area is 95.0 Å². The van der Waals surface area contributed by atoms with Crippen molar-refractivity contribution in [2.45, 2.75) is 38.3 Å². The highest BCUT2D eigenvalue weighted by atomic mass is 16.5. The second kappa shape index (κ2) is 3.53. The van der Waals surface area contributed by atoms with E-state index in [-0.39, 0.29) is 0 Å². The van der Waals surface area contributed by atoms with Gasteiger partial charge < -0.3 is 15.0 Å². The molecule has 0 spiro atoms. The molecule has 5 nitrogen and oxygen atoms in total. The maximum Gasteiger partial charge on any atom is 0.155 e. The third-order valence-corrected chi connectivity index (χ3v) is 3.70. The fourth-order valence-electron chi connectivity index (χ4n) is 2.61. The first-order valence-corrected chi connectivity index (χ1v) is 5.98. The Morgan fingerprint density at radius 1 is 1.50 bits per heavy atom. The Balaban J connectivity index is 1.97. The van der Waals surface area contributed by atoms with Crippen LogP contribution in [0.4, 0.5) is 0 Å². The average Bonchev–Trinajstić information content (AvgIpc) is 2.84. The molecule has 0 aromatic carbocycles. The first-order chi connectivity index (χ1) is 7.69. The summed E-state index contributed by atoms with van der Waals surface area (Å²) in [6.45, 7) is 4.56. The molecule has 0 radical (unpaired) electrons. The van der Waals surface area contributed by atoms with Crippen LogP contribution in [0.15, 0.2) is 0 Å². The van der Waals surface area contributed by atoms with Gasteiger partial charge in [-0.1, -0.05) is 6.92 Å². The van der Waals surface area contributed by atoms with Crippen LogP contribution >= 0.6 is 0 Å². The van der Waals surface area contributed by atoms with Crippen LogP contribution in [-0.2, 0) is 23.2 Å². The maximum absolute atomic E-state index is 6.34. The summed E-state index contributed by atoms with van der Waals surface area (Å²) in [5.41, 5.74) is 5.92. The minimum Gasteiger partial charge on any atom is -0.379 e. The molecule has 2 aliphatic heterocycles. The van der Waals surface area contributed by atoms with Gasteiger partial charge in [0.1, 0.15) is 11.4 Å². The number of ether oxygens (including phenoxy) is 1. The normalized spacial score (nSPS) is 34.0. The van der Waals surface area contributed by atoms with Gasteiger partial charge in [0.2, 0.25) is 0 Å². The van der Waals surface area contributed by atoms with Crippen molar-refractivity contribution < 1.29 is 4.74 Å². The zero-order valence-corrected chi connectivity index (χ0v) is 9.65. The zero-order chi connectivity index (χ0) is 11.2. The summed E-state index contributed by atoms with van der Waals surface area (Å²) in [4.78, 5) is 0. The summed E-state index contributed by atoms with van der Waals surface area (Å²) in [5.74, 6) is 2.72. The van der Waals surface area contributed by atoms with Crippen LogP contribution in [0.1, 0.15) is 31.4 Å². The molecular formula is C11H18N4O. The molecule has 5 heteroatoms. The van der Waals surface area contributed by atoms with E-state index in [1.165, 1.54) is 6.42 Å². The average molecular weight is 222 g/mol.